The van der Waals surface area contributed by atoms with Gasteiger partial charge in [0.15, 0.2) is 11.8 Å². The molecule has 0 saturated carbocycles. The Balaban J connectivity index is 1.75. The van der Waals surface area contributed by atoms with Crippen LogP contribution in [0.5, 0.6) is 0 Å². The number of aliphatic hydroxyl groups is 1. The molecule has 1 amide bonds. The zero-order chi connectivity index (χ0) is 23.8. The second-order valence-electron chi connectivity index (χ2n) is 7.41. The van der Waals surface area contributed by atoms with Gasteiger partial charge in [0.25, 0.3) is 5.91 Å². The Bertz CT molecular complexity index is 1090. The molecule has 2 atom stereocenters. The van der Waals surface area contributed by atoms with Gasteiger partial charge in [0, 0.05) is 18.5 Å². The van der Waals surface area contributed by atoms with Crippen molar-refractivity contribution in [3.05, 3.63) is 77.6 Å². The van der Waals surface area contributed by atoms with E-state index in [1.807, 2.05) is 54.6 Å². The van der Waals surface area contributed by atoms with Gasteiger partial charge in [-0.15, -0.1) is 0 Å². The molecule has 1 aromatic heterocycles. The number of aromatic amines is 1. The first kappa shape index (κ1) is 23.7. The summed E-state index contributed by atoms with van der Waals surface area (Å²) in [4.78, 5) is 35.5. The molecule has 9 heteroatoms. The number of aromatic nitrogens is 2. The lowest BCUT2D eigenvalue weighted by atomic mass is 9.97. The summed E-state index contributed by atoms with van der Waals surface area (Å²) in [6, 6.07) is 18.1. The molecule has 1 unspecified atom stereocenters. The minimum atomic E-state index is -1.42. The summed E-state index contributed by atoms with van der Waals surface area (Å²) >= 11 is 0. The molecule has 0 fully saturated rings. The van der Waals surface area contributed by atoms with Gasteiger partial charge in [0.1, 0.15) is 5.69 Å². The van der Waals surface area contributed by atoms with Crippen LogP contribution in [0.4, 0.5) is 0 Å². The van der Waals surface area contributed by atoms with Crippen LogP contribution in [0, 0.1) is 0 Å². The Hall–Kier alpha value is -3.98. The number of benzene rings is 2. The van der Waals surface area contributed by atoms with E-state index in [-0.39, 0.29) is 24.4 Å². The number of carbonyl (C=O) groups is 3. The summed E-state index contributed by atoms with van der Waals surface area (Å²) in [6.45, 7) is 1.76. The Labute approximate surface area is 190 Å². The molecule has 0 aliphatic heterocycles. The average Bonchev–Trinajstić information content (AvgIpc) is 3.31. The molecule has 0 aliphatic carbocycles. The van der Waals surface area contributed by atoms with Crippen molar-refractivity contribution < 1.29 is 29.3 Å². The van der Waals surface area contributed by atoms with Gasteiger partial charge >= 0.3 is 11.9 Å². The lowest BCUT2D eigenvalue weighted by Crippen LogP contribution is -2.41. The molecule has 0 spiro atoms. The van der Waals surface area contributed by atoms with Crippen LogP contribution in [0.3, 0.4) is 0 Å². The van der Waals surface area contributed by atoms with Gasteiger partial charge in [-0.05, 0) is 30.0 Å². The first-order chi connectivity index (χ1) is 15.9. The molecule has 2 aromatic carbocycles. The highest BCUT2D eigenvalue weighted by molar-refractivity contribution is 5.95. The molecule has 0 bridgehead atoms. The number of esters is 1. The molecule has 1 heterocycles. The van der Waals surface area contributed by atoms with E-state index in [9.17, 15) is 19.5 Å². The largest absolute Gasteiger partial charge is 0.477 e. The summed E-state index contributed by atoms with van der Waals surface area (Å²) < 4.78 is 4.85. The highest BCUT2D eigenvalue weighted by Crippen LogP contribution is 2.20. The number of aromatic carboxylic acids is 1. The van der Waals surface area contributed by atoms with Crippen molar-refractivity contribution in [2.45, 2.75) is 31.9 Å². The monoisotopic (exact) mass is 451 g/mol. The van der Waals surface area contributed by atoms with Crippen LogP contribution in [-0.4, -0.2) is 57.0 Å². The van der Waals surface area contributed by atoms with Crippen molar-refractivity contribution in [1.29, 1.82) is 0 Å². The first-order valence-electron chi connectivity index (χ1n) is 10.5. The first-order valence-corrected chi connectivity index (χ1v) is 10.5. The fraction of sp³-hybridized carbons (Fsp3) is 0.250. The van der Waals surface area contributed by atoms with E-state index in [0.29, 0.717) is 6.42 Å². The number of carboxylic acids is 1. The van der Waals surface area contributed by atoms with E-state index in [0.717, 1.165) is 22.8 Å². The molecular formula is C24H25N3O6. The number of H-pyrrole nitrogens is 1. The molecule has 3 rings (SSSR count). The summed E-state index contributed by atoms with van der Waals surface area (Å²) in [7, 11) is 0. The van der Waals surface area contributed by atoms with Crippen LogP contribution in [-0.2, 0) is 16.0 Å². The predicted octanol–water partition coefficient (Wildman–Crippen LogP) is 2.43. The number of aliphatic hydroxyl groups excluding tert-OH is 1. The number of nitrogens with one attached hydrogen (secondary N) is 2. The minimum Gasteiger partial charge on any atom is -0.477 e. The van der Waals surface area contributed by atoms with Gasteiger partial charge in [-0.3, -0.25) is 9.89 Å². The van der Waals surface area contributed by atoms with Gasteiger partial charge in [-0.1, -0.05) is 54.6 Å². The SMILES string of the molecule is CCOC(=O)C(O)C[C@@H](Cc1ccc(-c2ccccc2)cc1)NC(=O)c1cc(C(=O)O)[nH]n1. The molecule has 4 N–H and O–H groups in total. The highest BCUT2D eigenvalue weighted by atomic mass is 16.5. The zero-order valence-electron chi connectivity index (χ0n) is 18.0. The fourth-order valence-electron chi connectivity index (χ4n) is 3.35. The van der Waals surface area contributed by atoms with Crippen molar-refractivity contribution in [1.82, 2.24) is 15.5 Å². The van der Waals surface area contributed by atoms with E-state index < -0.39 is 30.0 Å². The molecule has 3 aromatic rings. The van der Waals surface area contributed by atoms with Crippen LogP contribution >= 0.6 is 0 Å². The topological polar surface area (TPSA) is 142 Å². The Morgan fingerprint density at radius 2 is 1.73 bits per heavy atom. The second-order valence-corrected chi connectivity index (χ2v) is 7.41. The van der Waals surface area contributed by atoms with E-state index >= 15 is 0 Å². The standard InChI is InChI=1S/C24H25N3O6/c1-2-33-24(32)21(28)13-18(25-22(29)19-14-20(23(30)31)27-26-19)12-15-8-10-17(11-9-15)16-6-4-3-5-7-16/h3-11,14,18,21,28H,2,12-13H2,1H3,(H,25,29)(H,26,27)(H,30,31)/t18-,21?/m1/s1. The number of ether oxygens (including phenoxy) is 1. The van der Waals surface area contributed by atoms with Crippen LogP contribution in [0.1, 0.15) is 39.9 Å². The van der Waals surface area contributed by atoms with Gasteiger partial charge in [0.2, 0.25) is 0 Å². The molecule has 0 aliphatic rings. The third kappa shape index (κ3) is 6.50. The van der Waals surface area contributed by atoms with E-state index in [1.54, 1.807) is 6.92 Å². The van der Waals surface area contributed by atoms with Crippen molar-refractivity contribution in [3.63, 3.8) is 0 Å². The lowest BCUT2D eigenvalue weighted by Gasteiger charge is -2.21. The lowest BCUT2D eigenvalue weighted by molar-refractivity contribution is -0.153. The van der Waals surface area contributed by atoms with Crippen LogP contribution in [0.2, 0.25) is 0 Å². The number of hydrogen-bond donors (Lipinski definition) is 4. The van der Waals surface area contributed by atoms with Crippen LogP contribution in [0.15, 0.2) is 60.7 Å². The maximum Gasteiger partial charge on any atom is 0.353 e. The highest BCUT2D eigenvalue weighted by Gasteiger charge is 2.25. The molecule has 9 nitrogen and oxygen atoms in total. The zero-order valence-corrected chi connectivity index (χ0v) is 18.0. The number of nitrogens with zero attached hydrogens (tertiary/aromatic N) is 1. The smallest absolute Gasteiger partial charge is 0.353 e. The molecular weight excluding hydrogens is 426 g/mol. The number of amides is 1. The Morgan fingerprint density at radius 1 is 1.06 bits per heavy atom. The third-order valence-electron chi connectivity index (χ3n) is 4.99. The van der Waals surface area contributed by atoms with E-state index in [4.69, 9.17) is 9.84 Å². The summed E-state index contributed by atoms with van der Waals surface area (Å²) in [5, 5.41) is 27.9. The third-order valence-corrected chi connectivity index (χ3v) is 4.99. The summed E-state index contributed by atoms with van der Waals surface area (Å²) in [5.41, 5.74) is 2.65. The molecule has 172 valence electrons. The number of rotatable bonds is 10. The minimum absolute atomic E-state index is 0.0821. The Morgan fingerprint density at radius 3 is 2.33 bits per heavy atom. The maximum absolute atomic E-state index is 12.6. The van der Waals surface area contributed by atoms with Gasteiger partial charge < -0.3 is 20.3 Å². The van der Waals surface area contributed by atoms with E-state index in [2.05, 4.69) is 15.5 Å². The number of hydrogen-bond acceptors (Lipinski definition) is 6. The van der Waals surface area contributed by atoms with Crippen molar-refractivity contribution in [2.75, 3.05) is 6.61 Å². The van der Waals surface area contributed by atoms with Crippen LogP contribution < -0.4 is 5.32 Å². The predicted molar refractivity (Wildman–Crippen MR) is 120 cm³/mol. The fourth-order valence-corrected chi connectivity index (χ4v) is 3.35. The average molecular weight is 451 g/mol. The van der Waals surface area contributed by atoms with Gasteiger partial charge in [0.05, 0.1) is 6.61 Å². The summed E-state index contributed by atoms with van der Waals surface area (Å²) in [5.74, 6) is -2.64. The van der Waals surface area contributed by atoms with E-state index in [1.165, 1.54) is 0 Å². The maximum atomic E-state index is 12.6. The van der Waals surface area contributed by atoms with Crippen molar-refractivity contribution in [2.24, 2.45) is 0 Å². The molecule has 33 heavy (non-hydrogen) atoms. The quantitative estimate of drug-likeness (QED) is 0.347. The second kappa shape index (κ2) is 11.1. The summed E-state index contributed by atoms with van der Waals surface area (Å²) in [6.07, 6.45) is -1.18. The van der Waals surface area contributed by atoms with Crippen LogP contribution in [0.25, 0.3) is 11.1 Å². The normalized spacial score (nSPS) is 12.5. The van der Waals surface area contributed by atoms with Crippen molar-refractivity contribution in [3.8, 4) is 11.1 Å². The van der Waals surface area contributed by atoms with Gasteiger partial charge in [-0.2, -0.15) is 5.10 Å². The molecule has 0 saturated heterocycles. The van der Waals surface area contributed by atoms with Crippen molar-refractivity contribution >= 4 is 17.8 Å². The van der Waals surface area contributed by atoms with Gasteiger partial charge in [-0.25, -0.2) is 9.59 Å². The number of carbonyl (C=O) groups excluding carboxylic acids is 2. The Kier molecular flexibility index (Phi) is 7.93. The molecule has 0 radical (unpaired) electrons. The number of carboxylic acid groups (broad SMARTS) is 1.